The van der Waals surface area contributed by atoms with Crippen LogP contribution in [0, 0.1) is 0 Å². The highest BCUT2D eigenvalue weighted by molar-refractivity contribution is 5.93. The molecule has 0 aliphatic rings. The van der Waals surface area contributed by atoms with E-state index in [-0.39, 0.29) is 5.91 Å². The topological polar surface area (TPSA) is 50.4 Å². The van der Waals surface area contributed by atoms with Gasteiger partial charge in [-0.1, -0.05) is 19.1 Å². The lowest BCUT2D eigenvalue weighted by molar-refractivity contribution is -0.124. The maximum atomic E-state index is 11.6. The average molecular weight is 236 g/mol. The van der Waals surface area contributed by atoms with E-state index in [0.717, 1.165) is 24.3 Å². The van der Waals surface area contributed by atoms with Crippen molar-refractivity contribution in [1.29, 1.82) is 0 Å². The van der Waals surface area contributed by atoms with E-state index in [0.29, 0.717) is 0 Å². The number of ether oxygens (including phenoxy) is 1. The second-order valence-electron chi connectivity index (χ2n) is 3.85. The van der Waals surface area contributed by atoms with Crippen LogP contribution in [0.5, 0.6) is 0 Å². The van der Waals surface area contributed by atoms with E-state index < -0.39 is 6.10 Å². The molecule has 1 unspecified atom stereocenters. The normalized spacial score (nSPS) is 12.2. The van der Waals surface area contributed by atoms with Crippen molar-refractivity contribution in [2.75, 3.05) is 19.0 Å². The summed E-state index contributed by atoms with van der Waals surface area (Å²) in [5, 5.41) is 6.06. The van der Waals surface area contributed by atoms with E-state index in [2.05, 4.69) is 17.6 Å². The van der Waals surface area contributed by atoms with Crippen molar-refractivity contribution in [3.8, 4) is 0 Å². The third-order valence-electron chi connectivity index (χ3n) is 2.50. The van der Waals surface area contributed by atoms with Gasteiger partial charge in [-0.25, -0.2) is 0 Å². The van der Waals surface area contributed by atoms with Crippen LogP contribution in [-0.2, 0) is 16.1 Å². The molecule has 0 aliphatic carbocycles. The Labute approximate surface area is 102 Å². The highest BCUT2D eigenvalue weighted by atomic mass is 16.5. The number of hydrogen-bond acceptors (Lipinski definition) is 3. The van der Waals surface area contributed by atoms with Gasteiger partial charge in [0.2, 0.25) is 0 Å². The van der Waals surface area contributed by atoms with E-state index in [9.17, 15) is 4.79 Å². The number of benzene rings is 1. The Balaban J connectivity index is 2.62. The molecule has 0 heterocycles. The predicted octanol–water partition coefficient (Wildman–Crippen LogP) is 1.77. The highest BCUT2D eigenvalue weighted by Crippen LogP contribution is 2.11. The molecule has 0 fully saturated rings. The summed E-state index contributed by atoms with van der Waals surface area (Å²) in [5.41, 5.74) is 1.95. The molecule has 17 heavy (non-hydrogen) atoms. The van der Waals surface area contributed by atoms with Crippen molar-refractivity contribution in [2.45, 2.75) is 26.5 Å². The summed E-state index contributed by atoms with van der Waals surface area (Å²) in [6, 6.07) is 7.79. The molecule has 1 amide bonds. The summed E-state index contributed by atoms with van der Waals surface area (Å²) in [5.74, 6) is -0.131. The monoisotopic (exact) mass is 236 g/mol. The average Bonchev–Trinajstić information content (AvgIpc) is 2.35. The standard InChI is InChI=1S/C13H20N2O2/c1-4-14-9-11-6-5-7-12(8-11)15-13(16)10(2)17-3/h5-8,10,14H,4,9H2,1-3H3,(H,15,16). The summed E-state index contributed by atoms with van der Waals surface area (Å²) in [7, 11) is 1.52. The van der Waals surface area contributed by atoms with Gasteiger partial charge in [0.1, 0.15) is 6.10 Å². The molecular weight excluding hydrogens is 216 g/mol. The number of nitrogens with one attached hydrogen (secondary N) is 2. The van der Waals surface area contributed by atoms with Gasteiger partial charge in [0.05, 0.1) is 0 Å². The zero-order valence-electron chi connectivity index (χ0n) is 10.6. The van der Waals surface area contributed by atoms with Gasteiger partial charge >= 0.3 is 0 Å². The van der Waals surface area contributed by atoms with Gasteiger partial charge in [-0.05, 0) is 31.2 Å². The van der Waals surface area contributed by atoms with Crippen molar-refractivity contribution in [3.63, 3.8) is 0 Å². The molecule has 0 aromatic heterocycles. The van der Waals surface area contributed by atoms with E-state index in [4.69, 9.17) is 4.74 Å². The first-order chi connectivity index (χ1) is 8.17. The van der Waals surface area contributed by atoms with E-state index in [1.165, 1.54) is 7.11 Å². The Morgan fingerprint density at radius 2 is 2.24 bits per heavy atom. The van der Waals surface area contributed by atoms with E-state index >= 15 is 0 Å². The predicted molar refractivity (Wildman–Crippen MR) is 68.9 cm³/mol. The van der Waals surface area contributed by atoms with Crippen molar-refractivity contribution < 1.29 is 9.53 Å². The van der Waals surface area contributed by atoms with Gasteiger partial charge in [-0.15, -0.1) is 0 Å². The van der Waals surface area contributed by atoms with Crippen LogP contribution in [0.15, 0.2) is 24.3 Å². The number of anilines is 1. The molecule has 0 saturated heterocycles. The number of amides is 1. The number of hydrogen-bond donors (Lipinski definition) is 2. The molecule has 1 aromatic rings. The molecule has 94 valence electrons. The number of carbonyl (C=O) groups excluding carboxylic acids is 1. The first-order valence-electron chi connectivity index (χ1n) is 5.80. The Morgan fingerprint density at radius 3 is 2.88 bits per heavy atom. The van der Waals surface area contributed by atoms with Crippen LogP contribution in [0.2, 0.25) is 0 Å². The highest BCUT2D eigenvalue weighted by Gasteiger charge is 2.11. The molecule has 1 rings (SSSR count). The van der Waals surface area contributed by atoms with Gasteiger partial charge in [0.15, 0.2) is 0 Å². The summed E-state index contributed by atoms with van der Waals surface area (Å²) in [6.07, 6.45) is -0.438. The molecule has 1 aromatic carbocycles. The van der Waals surface area contributed by atoms with E-state index in [1.54, 1.807) is 6.92 Å². The van der Waals surface area contributed by atoms with Crippen LogP contribution < -0.4 is 10.6 Å². The molecule has 4 heteroatoms. The van der Waals surface area contributed by atoms with E-state index in [1.807, 2.05) is 24.3 Å². The summed E-state index contributed by atoms with van der Waals surface area (Å²) < 4.78 is 4.95. The van der Waals surface area contributed by atoms with Gasteiger partial charge in [-0.3, -0.25) is 4.79 Å². The third-order valence-corrected chi connectivity index (χ3v) is 2.50. The van der Waals surface area contributed by atoms with Crippen molar-refractivity contribution in [2.24, 2.45) is 0 Å². The lowest BCUT2D eigenvalue weighted by Crippen LogP contribution is -2.26. The fourth-order valence-electron chi connectivity index (χ4n) is 1.38. The van der Waals surface area contributed by atoms with Crippen molar-refractivity contribution in [1.82, 2.24) is 5.32 Å². The first kappa shape index (κ1) is 13.7. The molecular formula is C13H20N2O2. The first-order valence-corrected chi connectivity index (χ1v) is 5.80. The smallest absolute Gasteiger partial charge is 0.253 e. The maximum Gasteiger partial charge on any atom is 0.253 e. The molecule has 0 radical (unpaired) electrons. The quantitative estimate of drug-likeness (QED) is 0.791. The zero-order chi connectivity index (χ0) is 12.7. The van der Waals surface area contributed by atoms with Gasteiger partial charge in [-0.2, -0.15) is 0 Å². The Morgan fingerprint density at radius 1 is 1.47 bits per heavy atom. The minimum absolute atomic E-state index is 0.131. The molecule has 0 spiro atoms. The largest absolute Gasteiger partial charge is 0.372 e. The number of methoxy groups -OCH3 is 1. The van der Waals surface area contributed by atoms with Crippen LogP contribution in [0.4, 0.5) is 5.69 Å². The third kappa shape index (κ3) is 4.54. The molecule has 0 aliphatic heterocycles. The molecule has 0 saturated carbocycles. The van der Waals surface area contributed by atoms with Crippen molar-refractivity contribution in [3.05, 3.63) is 29.8 Å². The Kier molecular flexibility index (Phi) is 5.66. The number of rotatable bonds is 6. The SMILES string of the molecule is CCNCc1cccc(NC(=O)C(C)OC)c1. The zero-order valence-corrected chi connectivity index (χ0v) is 10.6. The van der Waals surface area contributed by atoms with Crippen LogP contribution >= 0.6 is 0 Å². The second-order valence-corrected chi connectivity index (χ2v) is 3.85. The number of carbonyl (C=O) groups is 1. The summed E-state index contributed by atoms with van der Waals surface area (Å²) >= 11 is 0. The van der Waals surface area contributed by atoms with Crippen LogP contribution in [0.3, 0.4) is 0 Å². The van der Waals surface area contributed by atoms with Crippen molar-refractivity contribution >= 4 is 11.6 Å². The van der Waals surface area contributed by atoms with Gasteiger partial charge in [0, 0.05) is 19.3 Å². The second kappa shape index (κ2) is 7.04. The summed E-state index contributed by atoms with van der Waals surface area (Å²) in [4.78, 5) is 11.6. The fraction of sp³-hybridized carbons (Fsp3) is 0.462. The van der Waals surface area contributed by atoms with Gasteiger partial charge < -0.3 is 15.4 Å². The minimum Gasteiger partial charge on any atom is -0.372 e. The molecule has 2 N–H and O–H groups in total. The van der Waals surface area contributed by atoms with Crippen LogP contribution in [0.1, 0.15) is 19.4 Å². The fourth-order valence-corrected chi connectivity index (χ4v) is 1.38. The van der Waals surface area contributed by atoms with Gasteiger partial charge in [0.25, 0.3) is 5.91 Å². The lowest BCUT2D eigenvalue weighted by Gasteiger charge is -2.11. The molecule has 1 atom stereocenters. The minimum atomic E-state index is -0.438. The Hall–Kier alpha value is -1.39. The van der Waals surface area contributed by atoms with Crippen LogP contribution in [-0.4, -0.2) is 25.7 Å². The Bertz CT molecular complexity index is 366. The maximum absolute atomic E-state index is 11.6. The van der Waals surface area contributed by atoms with Crippen LogP contribution in [0.25, 0.3) is 0 Å². The summed E-state index contributed by atoms with van der Waals surface area (Å²) in [6.45, 7) is 5.51. The lowest BCUT2D eigenvalue weighted by atomic mass is 10.2. The molecule has 4 nitrogen and oxygen atoms in total. The molecule has 0 bridgehead atoms.